The lowest BCUT2D eigenvalue weighted by Gasteiger charge is -2.14. The second kappa shape index (κ2) is 6.53. The van der Waals surface area contributed by atoms with E-state index in [1.807, 2.05) is 6.92 Å². The van der Waals surface area contributed by atoms with E-state index in [0.29, 0.717) is 6.54 Å². The number of nitrogens with zero attached hydrogens (tertiary/aromatic N) is 1. The largest absolute Gasteiger partial charge is 0.280 e. The van der Waals surface area contributed by atoms with Crippen LogP contribution in [0.3, 0.4) is 0 Å². The maximum atomic E-state index is 4.84. The molecule has 0 bridgehead atoms. The zero-order valence-corrected chi connectivity index (χ0v) is 13.4. The highest BCUT2D eigenvalue weighted by atomic mass is 14.7. The average Bonchev–Trinajstić information content (AvgIpc) is 2.44. The third kappa shape index (κ3) is 3.69. The summed E-state index contributed by atoms with van der Waals surface area (Å²) in [5.74, 6) is 0. The van der Waals surface area contributed by atoms with Gasteiger partial charge in [-0.15, -0.1) is 0 Å². The topological polar surface area (TPSA) is 12.4 Å². The summed E-state index contributed by atoms with van der Waals surface area (Å²) in [6.45, 7) is 13.0. The lowest BCUT2D eigenvalue weighted by Crippen LogP contribution is -2.09. The smallest absolute Gasteiger partial charge is 0.0728 e. The molecule has 0 saturated carbocycles. The molecule has 0 aromatic heterocycles. The first-order valence-electron chi connectivity index (χ1n) is 7.31. The molecule has 0 spiro atoms. The van der Waals surface area contributed by atoms with Crippen molar-refractivity contribution >= 4 is 5.71 Å². The van der Waals surface area contributed by atoms with Gasteiger partial charge in [0, 0.05) is 11.1 Å². The van der Waals surface area contributed by atoms with Gasteiger partial charge in [0.2, 0.25) is 0 Å². The molecule has 108 valence electrons. The molecule has 0 atom stereocenters. The van der Waals surface area contributed by atoms with Gasteiger partial charge in [0.25, 0.3) is 0 Å². The minimum absolute atomic E-state index is 0.664. The minimum atomic E-state index is 0.664. The van der Waals surface area contributed by atoms with E-state index in [4.69, 9.17) is 4.99 Å². The predicted octanol–water partition coefficient (Wildman–Crippen LogP) is 5.03. The van der Waals surface area contributed by atoms with Crippen LogP contribution in [0.4, 0.5) is 0 Å². The zero-order chi connectivity index (χ0) is 15.4. The van der Waals surface area contributed by atoms with Crippen LogP contribution in [-0.4, -0.2) is 12.3 Å². The Kier molecular flexibility index (Phi) is 4.74. The summed E-state index contributed by atoms with van der Waals surface area (Å²) in [6, 6.07) is 15.0. The second-order valence-electron chi connectivity index (χ2n) is 5.76. The fourth-order valence-electron chi connectivity index (χ4n) is 2.36. The normalized spacial score (nSPS) is 11.5. The standard InChI is InChI=1S/C20H23N/c1-14(2)13-21-20(18-9-7-6-8-16(18)4)19-12-15(3)10-11-17(19)5/h6-12H,1,13H2,2-5H3/b21-20-. The van der Waals surface area contributed by atoms with Crippen LogP contribution in [-0.2, 0) is 0 Å². The molecule has 2 rings (SSSR count). The van der Waals surface area contributed by atoms with Gasteiger partial charge in [-0.05, 0) is 44.9 Å². The van der Waals surface area contributed by atoms with Crippen molar-refractivity contribution in [2.24, 2.45) is 4.99 Å². The number of aryl methyl sites for hydroxylation is 3. The first-order chi connectivity index (χ1) is 9.99. The third-order valence-electron chi connectivity index (χ3n) is 3.56. The lowest BCUT2D eigenvalue weighted by molar-refractivity contribution is 1.14. The van der Waals surface area contributed by atoms with Crippen molar-refractivity contribution in [3.05, 3.63) is 82.4 Å². The van der Waals surface area contributed by atoms with Crippen molar-refractivity contribution < 1.29 is 0 Å². The van der Waals surface area contributed by atoms with Crippen LogP contribution in [0.15, 0.2) is 59.6 Å². The van der Waals surface area contributed by atoms with Gasteiger partial charge >= 0.3 is 0 Å². The number of aliphatic imine (C=N–C) groups is 1. The maximum absolute atomic E-state index is 4.84. The van der Waals surface area contributed by atoms with Crippen LogP contribution in [0.25, 0.3) is 0 Å². The molecular formula is C20H23N. The van der Waals surface area contributed by atoms with Crippen molar-refractivity contribution in [3.63, 3.8) is 0 Å². The van der Waals surface area contributed by atoms with Gasteiger partial charge in [0.15, 0.2) is 0 Å². The fraction of sp³-hybridized carbons (Fsp3) is 0.250. The van der Waals surface area contributed by atoms with E-state index in [9.17, 15) is 0 Å². The van der Waals surface area contributed by atoms with E-state index in [1.165, 1.54) is 27.8 Å². The molecule has 21 heavy (non-hydrogen) atoms. The highest BCUT2D eigenvalue weighted by Crippen LogP contribution is 2.19. The van der Waals surface area contributed by atoms with Crippen molar-refractivity contribution in [2.75, 3.05) is 6.54 Å². The Morgan fingerprint density at radius 1 is 0.952 bits per heavy atom. The van der Waals surface area contributed by atoms with E-state index in [0.717, 1.165) is 11.3 Å². The summed E-state index contributed by atoms with van der Waals surface area (Å²) in [6.07, 6.45) is 0. The monoisotopic (exact) mass is 277 g/mol. The van der Waals surface area contributed by atoms with Gasteiger partial charge in [0.05, 0.1) is 12.3 Å². The van der Waals surface area contributed by atoms with Crippen LogP contribution in [0.2, 0.25) is 0 Å². The van der Waals surface area contributed by atoms with Gasteiger partial charge in [-0.3, -0.25) is 4.99 Å². The molecule has 0 heterocycles. The summed E-state index contributed by atoms with van der Waals surface area (Å²) in [5, 5.41) is 0. The first-order valence-corrected chi connectivity index (χ1v) is 7.31. The highest BCUT2D eigenvalue weighted by Gasteiger charge is 2.12. The molecule has 1 nitrogen and oxygen atoms in total. The van der Waals surface area contributed by atoms with Gasteiger partial charge in [-0.1, -0.05) is 54.1 Å². The molecule has 2 aromatic rings. The van der Waals surface area contributed by atoms with Crippen molar-refractivity contribution in [1.29, 1.82) is 0 Å². The highest BCUT2D eigenvalue weighted by molar-refractivity contribution is 6.14. The van der Waals surface area contributed by atoms with Crippen LogP contribution in [0.5, 0.6) is 0 Å². The Hall–Kier alpha value is -2.15. The number of hydrogen-bond acceptors (Lipinski definition) is 1. The molecule has 1 heteroatoms. The van der Waals surface area contributed by atoms with Crippen LogP contribution >= 0.6 is 0 Å². The van der Waals surface area contributed by atoms with Crippen molar-refractivity contribution in [3.8, 4) is 0 Å². The summed E-state index contributed by atoms with van der Waals surface area (Å²) in [5.41, 5.74) is 8.32. The Bertz CT molecular complexity index is 693. The quantitative estimate of drug-likeness (QED) is 0.549. The molecule has 0 N–H and O–H groups in total. The lowest BCUT2D eigenvalue weighted by atomic mass is 9.94. The molecule has 0 fully saturated rings. The van der Waals surface area contributed by atoms with Crippen molar-refractivity contribution in [2.45, 2.75) is 27.7 Å². The molecule has 0 unspecified atom stereocenters. The van der Waals surface area contributed by atoms with E-state index in [-0.39, 0.29) is 0 Å². The Labute approximate surface area is 128 Å². The Balaban J connectivity index is 2.62. The predicted molar refractivity (Wildman–Crippen MR) is 92.4 cm³/mol. The van der Waals surface area contributed by atoms with E-state index < -0.39 is 0 Å². The minimum Gasteiger partial charge on any atom is -0.280 e. The number of hydrogen-bond donors (Lipinski definition) is 0. The number of benzene rings is 2. The molecule has 0 aliphatic heterocycles. The van der Waals surface area contributed by atoms with Gasteiger partial charge in [-0.2, -0.15) is 0 Å². The fourth-order valence-corrected chi connectivity index (χ4v) is 2.36. The van der Waals surface area contributed by atoms with Crippen LogP contribution < -0.4 is 0 Å². The maximum Gasteiger partial charge on any atom is 0.0728 e. The molecule has 0 radical (unpaired) electrons. The van der Waals surface area contributed by atoms with Gasteiger partial charge < -0.3 is 0 Å². The Morgan fingerprint density at radius 2 is 1.62 bits per heavy atom. The second-order valence-corrected chi connectivity index (χ2v) is 5.76. The summed E-state index contributed by atoms with van der Waals surface area (Å²) >= 11 is 0. The van der Waals surface area contributed by atoms with Gasteiger partial charge in [-0.25, -0.2) is 0 Å². The SMILES string of the molecule is C=C(C)C/N=C(/c1ccccc1C)c1cc(C)ccc1C. The van der Waals surface area contributed by atoms with Gasteiger partial charge in [0.1, 0.15) is 0 Å². The molecule has 0 aliphatic rings. The Morgan fingerprint density at radius 3 is 2.29 bits per heavy atom. The summed E-state index contributed by atoms with van der Waals surface area (Å²) in [4.78, 5) is 4.84. The summed E-state index contributed by atoms with van der Waals surface area (Å²) in [7, 11) is 0. The molecule has 0 aliphatic carbocycles. The first kappa shape index (κ1) is 15.2. The van der Waals surface area contributed by atoms with Crippen molar-refractivity contribution in [1.82, 2.24) is 0 Å². The van der Waals surface area contributed by atoms with E-state index >= 15 is 0 Å². The average molecular weight is 277 g/mol. The third-order valence-corrected chi connectivity index (χ3v) is 3.56. The van der Waals surface area contributed by atoms with E-state index in [2.05, 4.69) is 69.8 Å². The molecular weight excluding hydrogens is 254 g/mol. The molecule has 2 aromatic carbocycles. The van der Waals surface area contributed by atoms with Crippen LogP contribution in [0.1, 0.15) is 34.7 Å². The molecule has 0 amide bonds. The summed E-state index contributed by atoms with van der Waals surface area (Å²) < 4.78 is 0. The van der Waals surface area contributed by atoms with E-state index in [1.54, 1.807) is 0 Å². The van der Waals surface area contributed by atoms with Crippen LogP contribution in [0, 0.1) is 20.8 Å². The molecule has 0 saturated heterocycles. The zero-order valence-electron chi connectivity index (χ0n) is 13.4. The number of rotatable bonds is 4.